The van der Waals surface area contributed by atoms with Crippen LogP contribution in [0.15, 0.2) is 0 Å². The molecule has 2 fully saturated rings. The molecular weight excluding hydrogens is 182 g/mol. The number of nitrogens with one attached hydrogen (secondary N) is 1. The van der Waals surface area contributed by atoms with E-state index in [1.807, 2.05) is 0 Å². The van der Waals surface area contributed by atoms with E-state index < -0.39 is 0 Å². The Kier molecular flexibility index (Phi) is 3.75. The highest BCUT2D eigenvalue weighted by Gasteiger charge is 2.23. The van der Waals surface area contributed by atoms with Crippen LogP contribution in [0.5, 0.6) is 0 Å². The fourth-order valence-corrected chi connectivity index (χ4v) is 1.94. The summed E-state index contributed by atoms with van der Waals surface area (Å²) in [4.78, 5) is 0. The average Bonchev–Trinajstić information content (AvgIpc) is 2.87. The molecular formula is C10H19NO3. The first kappa shape index (κ1) is 10.4. The topological polar surface area (TPSA) is 39.7 Å². The van der Waals surface area contributed by atoms with Crippen LogP contribution in [0, 0.1) is 0 Å². The van der Waals surface area contributed by atoms with Crippen LogP contribution in [-0.2, 0) is 14.2 Å². The zero-order valence-electron chi connectivity index (χ0n) is 8.70. The van der Waals surface area contributed by atoms with Gasteiger partial charge in [-0.2, -0.15) is 0 Å². The summed E-state index contributed by atoms with van der Waals surface area (Å²) in [6, 6.07) is 0.394. The van der Waals surface area contributed by atoms with Crippen molar-refractivity contribution in [2.45, 2.75) is 38.2 Å². The van der Waals surface area contributed by atoms with Crippen LogP contribution in [0.4, 0.5) is 0 Å². The summed E-state index contributed by atoms with van der Waals surface area (Å²) in [5.74, 6) is 0. The summed E-state index contributed by atoms with van der Waals surface area (Å²) in [5, 5.41) is 3.39. The minimum atomic E-state index is -0.0566. The second-order valence-corrected chi connectivity index (χ2v) is 3.92. The van der Waals surface area contributed by atoms with E-state index >= 15 is 0 Å². The third-order valence-electron chi connectivity index (χ3n) is 2.82. The van der Waals surface area contributed by atoms with Gasteiger partial charge in [-0.25, -0.2) is 0 Å². The summed E-state index contributed by atoms with van der Waals surface area (Å²) in [6.45, 7) is 5.28. The maximum absolute atomic E-state index is 5.59. The van der Waals surface area contributed by atoms with E-state index in [-0.39, 0.29) is 6.29 Å². The molecule has 0 aromatic rings. The van der Waals surface area contributed by atoms with E-state index in [0.29, 0.717) is 12.1 Å². The van der Waals surface area contributed by atoms with Gasteiger partial charge < -0.3 is 19.5 Å². The predicted molar refractivity (Wildman–Crippen MR) is 52.1 cm³/mol. The molecule has 0 aromatic carbocycles. The molecule has 0 spiro atoms. The monoisotopic (exact) mass is 201 g/mol. The molecule has 2 heterocycles. The van der Waals surface area contributed by atoms with Gasteiger partial charge in [0.2, 0.25) is 0 Å². The zero-order chi connectivity index (χ0) is 9.80. The van der Waals surface area contributed by atoms with Crippen molar-refractivity contribution < 1.29 is 14.2 Å². The maximum atomic E-state index is 5.59. The van der Waals surface area contributed by atoms with Crippen molar-refractivity contribution in [1.29, 1.82) is 0 Å². The van der Waals surface area contributed by atoms with E-state index in [4.69, 9.17) is 14.2 Å². The van der Waals surface area contributed by atoms with Gasteiger partial charge in [-0.3, -0.25) is 0 Å². The highest BCUT2D eigenvalue weighted by Crippen LogP contribution is 2.15. The van der Waals surface area contributed by atoms with E-state index in [1.165, 1.54) is 12.8 Å². The highest BCUT2D eigenvalue weighted by atomic mass is 16.7. The fraction of sp³-hybridized carbons (Fsp3) is 1.00. The lowest BCUT2D eigenvalue weighted by molar-refractivity contribution is -0.0435. The quantitative estimate of drug-likeness (QED) is 0.719. The molecule has 14 heavy (non-hydrogen) atoms. The Morgan fingerprint density at radius 3 is 2.64 bits per heavy atom. The van der Waals surface area contributed by atoms with Crippen molar-refractivity contribution in [1.82, 2.24) is 5.32 Å². The van der Waals surface area contributed by atoms with Gasteiger partial charge in [0.25, 0.3) is 0 Å². The Balaban J connectivity index is 1.63. The summed E-state index contributed by atoms with van der Waals surface area (Å²) in [7, 11) is 0. The van der Waals surface area contributed by atoms with Crippen LogP contribution in [0.3, 0.4) is 0 Å². The van der Waals surface area contributed by atoms with Gasteiger partial charge in [0, 0.05) is 19.2 Å². The molecule has 0 saturated carbocycles. The van der Waals surface area contributed by atoms with Crippen molar-refractivity contribution >= 4 is 0 Å². The molecule has 4 heteroatoms. The minimum absolute atomic E-state index is 0.0566. The lowest BCUT2D eigenvalue weighted by atomic mass is 10.1. The third-order valence-corrected chi connectivity index (χ3v) is 2.82. The second-order valence-electron chi connectivity index (χ2n) is 3.92. The Hall–Kier alpha value is -0.160. The summed E-state index contributed by atoms with van der Waals surface area (Å²) >= 11 is 0. The first-order valence-electron chi connectivity index (χ1n) is 5.44. The molecule has 82 valence electrons. The van der Waals surface area contributed by atoms with E-state index in [1.54, 1.807) is 0 Å². The fourth-order valence-electron chi connectivity index (χ4n) is 1.94. The summed E-state index contributed by atoms with van der Waals surface area (Å²) in [5.41, 5.74) is 0. The molecule has 1 N–H and O–H groups in total. The van der Waals surface area contributed by atoms with Crippen LogP contribution in [0.25, 0.3) is 0 Å². The largest absolute Gasteiger partial charge is 0.377 e. The van der Waals surface area contributed by atoms with Crippen LogP contribution in [-0.4, -0.2) is 44.8 Å². The molecule has 0 amide bonds. The standard InChI is InChI=1S/C10H19NO3/c1-8(9-3-2-4-12-9)11-7-10-13-5-6-14-10/h8-11H,2-7H2,1H3/t8-,9+/m0/s1. The molecule has 0 aliphatic carbocycles. The van der Waals surface area contributed by atoms with Crippen molar-refractivity contribution in [2.24, 2.45) is 0 Å². The van der Waals surface area contributed by atoms with Crippen LogP contribution >= 0.6 is 0 Å². The number of hydrogen-bond donors (Lipinski definition) is 1. The number of rotatable bonds is 4. The lowest BCUT2D eigenvalue weighted by Gasteiger charge is -2.21. The normalized spacial score (nSPS) is 31.1. The van der Waals surface area contributed by atoms with Crippen LogP contribution in [0.1, 0.15) is 19.8 Å². The van der Waals surface area contributed by atoms with Crippen molar-refractivity contribution in [3.05, 3.63) is 0 Å². The maximum Gasteiger partial charge on any atom is 0.170 e. The van der Waals surface area contributed by atoms with Gasteiger partial charge in [0.1, 0.15) is 0 Å². The lowest BCUT2D eigenvalue weighted by Crippen LogP contribution is -2.41. The van der Waals surface area contributed by atoms with E-state index in [0.717, 1.165) is 26.4 Å². The first-order chi connectivity index (χ1) is 6.86. The Morgan fingerprint density at radius 1 is 1.21 bits per heavy atom. The Morgan fingerprint density at radius 2 is 2.00 bits per heavy atom. The number of hydrogen-bond acceptors (Lipinski definition) is 4. The van der Waals surface area contributed by atoms with Crippen molar-refractivity contribution in [2.75, 3.05) is 26.4 Å². The molecule has 0 bridgehead atoms. The zero-order valence-corrected chi connectivity index (χ0v) is 8.70. The molecule has 2 aliphatic rings. The highest BCUT2D eigenvalue weighted by molar-refractivity contribution is 4.77. The third kappa shape index (κ3) is 2.67. The van der Waals surface area contributed by atoms with Gasteiger partial charge >= 0.3 is 0 Å². The van der Waals surface area contributed by atoms with E-state index in [2.05, 4.69) is 12.2 Å². The number of ether oxygens (including phenoxy) is 3. The molecule has 2 saturated heterocycles. The van der Waals surface area contributed by atoms with Crippen molar-refractivity contribution in [3.8, 4) is 0 Å². The molecule has 2 aliphatic heterocycles. The predicted octanol–water partition coefficient (Wildman–Crippen LogP) is 0.516. The summed E-state index contributed by atoms with van der Waals surface area (Å²) < 4.78 is 16.3. The van der Waals surface area contributed by atoms with Crippen molar-refractivity contribution in [3.63, 3.8) is 0 Å². The van der Waals surface area contributed by atoms with Gasteiger partial charge in [-0.05, 0) is 19.8 Å². The van der Waals surface area contributed by atoms with Gasteiger partial charge in [-0.15, -0.1) is 0 Å². The van der Waals surface area contributed by atoms with E-state index in [9.17, 15) is 0 Å². The molecule has 2 atom stereocenters. The minimum Gasteiger partial charge on any atom is -0.377 e. The van der Waals surface area contributed by atoms with Gasteiger partial charge in [0.15, 0.2) is 6.29 Å². The molecule has 4 nitrogen and oxygen atoms in total. The average molecular weight is 201 g/mol. The van der Waals surface area contributed by atoms with Crippen LogP contribution < -0.4 is 5.32 Å². The van der Waals surface area contributed by atoms with Crippen LogP contribution in [0.2, 0.25) is 0 Å². The molecule has 0 radical (unpaired) electrons. The summed E-state index contributed by atoms with van der Waals surface area (Å²) in [6.07, 6.45) is 2.67. The van der Waals surface area contributed by atoms with Gasteiger partial charge in [-0.1, -0.05) is 0 Å². The SMILES string of the molecule is C[C@H](NCC1OCCO1)[C@H]1CCCO1. The molecule has 0 aromatic heterocycles. The second kappa shape index (κ2) is 5.07. The van der Waals surface area contributed by atoms with Gasteiger partial charge in [0.05, 0.1) is 19.3 Å². The molecule has 0 unspecified atom stereocenters. The first-order valence-corrected chi connectivity index (χ1v) is 5.44. The molecule has 2 rings (SSSR count). The smallest absolute Gasteiger partial charge is 0.170 e. The Bertz CT molecular complexity index is 165. The Labute approximate surface area is 84.9 Å².